The molecule has 6 nitrogen and oxygen atoms in total. The topological polar surface area (TPSA) is 77.4 Å². The third kappa shape index (κ3) is 3.95. The van der Waals surface area contributed by atoms with Gasteiger partial charge in [-0.3, -0.25) is 4.90 Å². The molecule has 0 aromatic heterocycles. The fourth-order valence-corrected chi connectivity index (χ4v) is 3.21. The van der Waals surface area contributed by atoms with Crippen LogP contribution in [0.1, 0.15) is 16.7 Å². The zero-order chi connectivity index (χ0) is 18.5. The molecule has 0 aliphatic carbocycles. The van der Waals surface area contributed by atoms with Crippen LogP contribution in [0.4, 0.5) is 10.5 Å². The van der Waals surface area contributed by atoms with E-state index >= 15 is 0 Å². The minimum absolute atomic E-state index is 0.251. The van der Waals surface area contributed by atoms with Crippen LogP contribution >= 0.6 is 0 Å². The Hall–Kier alpha value is -3.04. The predicted octanol–water partition coefficient (Wildman–Crippen LogP) is 2.75. The highest BCUT2D eigenvalue weighted by Gasteiger charge is 2.23. The molecule has 1 atom stereocenters. The van der Waals surface area contributed by atoms with Crippen molar-refractivity contribution >= 4 is 11.7 Å². The Labute approximate surface area is 153 Å². The molecule has 3 rings (SSSR count). The molecule has 2 amide bonds. The van der Waals surface area contributed by atoms with Crippen molar-refractivity contribution in [3.63, 3.8) is 0 Å². The fraction of sp³-hybridized carbons (Fsp3) is 0.300. The second kappa shape index (κ2) is 7.89. The molecule has 0 radical (unpaired) electrons. The number of likely N-dealkylation sites (N-methyl/N-ethyl adjacent to an activating group) is 1. The first-order valence-electron chi connectivity index (χ1n) is 8.50. The van der Waals surface area contributed by atoms with Crippen LogP contribution in [0.15, 0.2) is 42.5 Å². The van der Waals surface area contributed by atoms with E-state index in [9.17, 15) is 4.79 Å². The van der Waals surface area contributed by atoms with Gasteiger partial charge in [0.1, 0.15) is 11.8 Å². The first-order valence-corrected chi connectivity index (χ1v) is 8.50. The molecule has 0 bridgehead atoms. The van der Waals surface area contributed by atoms with Gasteiger partial charge in [-0.1, -0.05) is 24.3 Å². The average molecular weight is 350 g/mol. The maximum Gasteiger partial charge on any atom is 0.319 e. The number of nitrogens with one attached hydrogen (secondary N) is 2. The van der Waals surface area contributed by atoms with E-state index in [4.69, 9.17) is 10.00 Å². The number of ether oxygens (including phenoxy) is 1. The number of anilines is 1. The molecular formula is C20H22N4O2. The number of hydrogen-bond acceptors (Lipinski definition) is 4. The summed E-state index contributed by atoms with van der Waals surface area (Å²) < 4.78 is 5.11. The summed E-state index contributed by atoms with van der Waals surface area (Å²) in [5, 5.41) is 14.8. The average Bonchev–Trinajstić information content (AvgIpc) is 2.66. The van der Waals surface area contributed by atoms with Crippen molar-refractivity contribution in [3.8, 4) is 11.8 Å². The van der Waals surface area contributed by atoms with Crippen LogP contribution in [-0.2, 0) is 13.0 Å². The van der Waals surface area contributed by atoms with Gasteiger partial charge in [0.25, 0.3) is 0 Å². The molecule has 1 aliphatic rings. The summed E-state index contributed by atoms with van der Waals surface area (Å²) in [6.45, 7) is 1.44. The molecular weight excluding hydrogens is 328 g/mol. The highest BCUT2D eigenvalue weighted by Crippen LogP contribution is 2.22. The second-order valence-corrected chi connectivity index (χ2v) is 6.40. The van der Waals surface area contributed by atoms with Gasteiger partial charge in [-0.05, 0) is 42.8 Å². The molecule has 134 valence electrons. The van der Waals surface area contributed by atoms with Crippen molar-refractivity contribution in [2.24, 2.45) is 0 Å². The van der Waals surface area contributed by atoms with Gasteiger partial charge >= 0.3 is 6.03 Å². The van der Waals surface area contributed by atoms with Crippen molar-refractivity contribution in [3.05, 3.63) is 59.2 Å². The quantitative estimate of drug-likeness (QED) is 0.889. The van der Waals surface area contributed by atoms with Gasteiger partial charge in [0.05, 0.1) is 12.7 Å². The largest absolute Gasteiger partial charge is 0.495 e. The Morgan fingerprint density at radius 2 is 2.08 bits per heavy atom. The second-order valence-electron chi connectivity index (χ2n) is 6.40. The van der Waals surface area contributed by atoms with Crippen molar-refractivity contribution in [1.29, 1.82) is 5.26 Å². The standard InChI is InChI=1S/C20H22N4O2/c1-24-13-15-6-4-3-5-14(15)10-18(24)12-22-20(25)23-17-7-8-19(26-2)16(9-17)11-21/h3-9,18H,10,12-13H2,1-2H3,(H2,22,23,25). The third-order valence-electron chi connectivity index (χ3n) is 4.69. The number of methoxy groups -OCH3 is 1. The number of nitriles is 1. The van der Waals surface area contributed by atoms with Gasteiger partial charge in [-0.2, -0.15) is 5.26 Å². The zero-order valence-electron chi connectivity index (χ0n) is 15.0. The van der Waals surface area contributed by atoms with Gasteiger partial charge in [-0.25, -0.2) is 4.79 Å². The minimum atomic E-state index is -0.286. The van der Waals surface area contributed by atoms with Gasteiger partial charge in [0, 0.05) is 24.8 Å². The van der Waals surface area contributed by atoms with E-state index in [2.05, 4.69) is 52.9 Å². The van der Waals surface area contributed by atoms with E-state index in [1.807, 2.05) is 0 Å². The van der Waals surface area contributed by atoms with E-state index in [1.54, 1.807) is 18.2 Å². The Kier molecular flexibility index (Phi) is 5.40. The lowest BCUT2D eigenvalue weighted by molar-refractivity contribution is 0.207. The molecule has 2 aromatic rings. The van der Waals surface area contributed by atoms with E-state index in [1.165, 1.54) is 18.2 Å². The number of benzene rings is 2. The van der Waals surface area contributed by atoms with Crippen LogP contribution in [0.5, 0.6) is 5.75 Å². The van der Waals surface area contributed by atoms with Crippen LogP contribution in [0.2, 0.25) is 0 Å². The Balaban J connectivity index is 1.57. The molecule has 26 heavy (non-hydrogen) atoms. The van der Waals surface area contributed by atoms with Crippen LogP contribution in [0, 0.1) is 11.3 Å². The molecule has 6 heteroatoms. The van der Waals surface area contributed by atoms with E-state index in [0.717, 1.165) is 13.0 Å². The highest BCUT2D eigenvalue weighted by atomic mass is 16.5. The minimum Gasteiger partial charge on any atom is -0.495 e. The first kappa shape index (κ1) is 17.8. The van der Waals surface area contributed by atoms with Gasteiger partial charge < -0.3 is 15.4 Å². The number of rotatable bonds is 4. The van der Waals surface area contributed by atoms with Gasteiger partial charge in [0.15, 0.2) is 0 Å². The zero-order valence-corrected chi connectivity index (χ0v) is 15.0. The molecule has 1 heterocycles. The molecule has 0 fully saturated rings. The summed E-state index contributed by atoms with van der Waals surface area (Å²) in [6, 6.07) is 15.4. The predicted molar refractivity (Wildman–Crippen MR) is 100 cm³/mol. The van der Waals surface area contributed by atoms with Gasteiger partial charge in [0.2, 0.25) is 0 Å². The third-order valence-corrected chi connectivity index (χ3v) is 4.69. The molecule has 0 saturated carbocycles. The Bertz CT molecular complexity index is 844. The van der Waals surface area contributed by atoms with E-state index < -0.39 is 0 Å². The van der Waals surface area contributed by atoms with E-state index in [-0.39, 0.29) is 12.1 Å². The summed E-state index contributed by atoms with van der Waals surface area (Å²) in [5.74, 6) is 0.487. The lowest BCUT2D eigenvalue weighted by atomic mass is 9.94. The van der Waals surface area contributed by atoms with Crippen molar-refractivity contribution in [1.82, 2.24) is 10.2 Å². The number of hydrogen-bond donors (Lipinski definition) is 2. The number of urea groups is 1. The first-order chi connectivity index (χ1) is 12.6. The van der Waals surface area contributed by atoms with Crippen LogP contribution < -0.4 is 15.4 Å². The number of carbonyl (C=O) groups excluding carboxylic acids is 1. The van der Waals surface area contributed by atoms with E-state index in [0.29, 0.717) is 23.5 Å². The number of nitrogens with zero attached hydrogens (tertiary/aromatic N) is 2. The summed E-state index contributed by atoms with van der Waals surface area (Å²) in [5.41, 5.74) is 3.63. The lowest BCUT2D eigenvalue weighted by Crippen LogP contribution is -2.46. The fourth-order valence-electron chi connectivity index (χ4n) is 3.21. The molecule has 1 aliphatic heterocycles. The van der Waals surface area contributed by atoms with Crippen molar-refractivity contribution in [2.45, 2.75) is 19.0 Å². The molecule has 0 spiro atoms. The molecule has 2 N–H and O–H groups in total. The maximum absolute atomic E-state index is 12.2. The monoisotopic (exact) mass is 350 g/mol. The molecule has 2 aromatic carbocycles. The van der Waals surface area contributed by atoms with Crippen LogP contribution in [0.3, 0.4) is 0 Å². The number of carbonyl (C=O) groups is 1. The van der Waals surface area contributed by atoms with Gasteiger partial charge in [-0.15, -0.1) is 0 Å². The molecule has 1 unspecified atom stereocenters. The van der Waals surface area contributed by atoms with Crippen molar-refractivity contribution < 1.29 is 9.53 Å². The number of amides is 2. The number of fused-ring (bicyclic) bond motifs is 1. The summed E-state index contributed by atoms with van der Waals surface area (Å²) in [6.07, 6.45) is 0.911. The van der Waals surface area contributed by atoms with Crippen molar-refractivity contribution in [2.75, 3.05) is 26.0 Å². The Morgan fingerprint density at radius 3 is 2.81 bits per heavy atom. The smallest absolute Gasteiger partial charge is 0.319 e. The lowest BCUT2D eigenvalue weighted by Gasteiger charge is -2.34. The normalized spacial score (nSPS) is 16.3. The summed E-state index contributed by atoms with van der Waals surface area (Å²) in [7, 11) is 3.58. The van der Waals surface area contributed by atoms with Crippen LogP contribution in [0.25, 0.3) is 0 Å². The summed E-state index contributed by atoms with van der Waals surface area (Å²) in [4.78, 5) is 14.5. The summed E-state index contributed by atoms with van der Waals surface area (Å²) >= 11 is 0. The Morgan fingerprint density at radius 1 is 1.31 bits per heavy atom. The van der Waals surface area contributed by atoms with Crippen LogP contribution in [-0.4, -0.2) is 37.7 Å². The SMILES string of the molecule is COc1ccc(NC(=O)NCC2Cc3ccccc3CN2C)cc1C#N. The maximum atomic E-state index is 12.2. The molecule has 0 saturated heterocycles. The highest BCUT2D eigenvalue weighted by molar-refractivity contribution is 5.89.